The highest BCUT2D eigenvalue weighted by atomic mass is 35.5. The van der Waals surface area contributed by atoms with Gasteiger partial charge in [-0.3, -0.25) is 25.0 Å². The minimum absolute atomic E-state index is 0.0429. The first kappa shape index (κ1) is 17.1. The summed E-state index contributed by atoms with van der Waals surface area (Å²) in [4.78, 5) is 31.9. The number of benzene rings is 2. The standard InChI is InChI=1S/C15H10ClN3O5/c16-13-9-12(19(23)24)6-7-14(13)17-15(20)8-3-10-1-4-11(5-2-10)18(21)22/h1-9H,(H,17,20)/b8-3+. The van der Waals surface area contributed by atoms with E-state index < -0.39 is 15.8 Å². The van der Waals surface area contributed by atoms with Gasteiger partial charge < -0.3 is 5.32 Å². The molecule has 8 nitrogen and oxygen atoms in total. The molecule has 2 aromatic carbocycles. The molecular formula is C15H10ClN3O5. The molecule has 0 saturated carbocycles. The minimum Gasteiger partial charge on any atom is -0.321 e. The van der Waals surface area contributed by atoms with Crippen molar-refractivity contribution in [3.63, 3.8) is 0 Å². The van der Waals surface area contributed by atoms with Gasteiger partial charge in [0.25, 0.3) is 11.4 Å². The van der Waals surface area contributed by atoms with E-state index in [-0.39, 0.29) is 22.1 Å². The Kier molecular flexibility index (Phi) is 5.23. The normalized spacial score (nSPS) is 10.5. The van der Waals surface area contributed by atoms with Crippen LogP contribution in [0.2, 0.25) is 5.02 Å². The van der Waals surface area contributed by atoms with Crippen LogP contribution in [0.15, 0.2) is 48.5 Å². The summed E-state index contributed by atoms with van der Waals surface area (Å²) in [5, 5.41) is 23.7. The van der Waals surface area contributed by atoms with Crippen molar-refractivity contribution in [3.05, 3.63) is 79.4 Å². The number of nitro benzene ring substituents is 2. The van der Waals surface area contributed by atoms with Crippen molar-refractivity contribution >= 4 is 40.6 Å². The van der Waals surface area contributed by atoms with Crippen LogP contribution in [0.4, 0.5) is 17.1 Å². The Bertz CT molecular complexity index is 834. The van der Waals surface area contributed by atoms with Gasteiger partial charge in [-0.1, -0.05) is 11.6 Å². The van der Waals surface area contributed by atoms with Gasteiger partial charge >= 0.3 is 0 Å². The van der Waals surface area contributed by atoms with Crippen LogP contribution in [0.1, 0.15) is 5.56 Å². The highest BCUT2D eigenvalue weighted by Gasteiger charge is 2.10. The number of nitro groups is 2. The molecule has 0 unspecified atom stereocenters. The van der Waals surface area contributed by atoms with Crippen molar-refractivity contribution in [2.45, 2.75) is 0 Å². The number of hydrogen-bond donors (Lipinski definition) is 1. The highest BCUT2D eigenvalue weighted by molar-refractivity contribution is 6.34. The SMILES string of the molecule is O=C(/C=C/c1ccc([N+](=O)[O-])cc1)Nc1ccc([N+](=O)[O-])cc1Cl. The lowest BCUT2D eigenvalue weighted by Gasteiger charge is -2.04. The van der Waals surface area contributed by atoms with Crippen molar-refractivity contribution < 1.29 is 14.6 Å². The lowest BCUT2D eigenvalue weighted by Crippen LogP contribution is -2.08. The fourth-order valence-corrected chi connectivity index (χ4v) is 1.99. The van der Waals surface area contributed by atoms with Crippen LogP contribution in [0.25, 0.3) is 6.08 Å². The molecule has 0 saturated heterocycles. The number of hydrogen-bond acceptors (Lipinski definition) is 5. The maximum absolute atomic E-state index is 11.8. The summed E-state index contributed by atoms with van der Waals surface area (Å²) in [6, 6.07) is 9.34. The number of nitrogens with zero attached hydrogens (tertiary/aromatic N) is 2. The molecule has 2 rings (SSSR count). The zero-order chi connectivity index (χ0) is 17.7. The number of rotatable bonds is 5. The van der Waals surface area contributed by atoms with Crippen LogP contribution in [0.5, 0.6) is 0 Å². The first-order chi connectivity index (χ1) is 11.4. The second-order valence-electron chi connectivity index (χ2n) is 4.59. The third-order valence-electron chi connectivity index (χ3n) is 2.95. The Balaban J connectivity index is 2.05. The van der Waals surface area contributed by atoms with Gasteiger partial charge in [-0.15, -0.1) is 0 Å². The third-order valence-corrected chi connectivity index (χ3v) is 3.27. The minimum atomic E-state index is -0.591. The van der Waals surface area contributed by atoms with Gasteiger partial charge in [-0.2, -0.15) is 0 Å². The molecular weight excluding hydrogens is 338 g/mol. The van der Waals surface area contributed by atoms with Crippen molar-refractivity contribution in [1.82, 2.24) is 0 Å². The van der Waals surface area contributed by atoms with Crippen molar-refractivity contribution in [1.29, 1.82) is 0 Å². The van der Waals surface area contributed by atoms with Gasteiger partial charge in [-0.05, 0) is 29.8 Å². The Morgan fingerprint density at radius 3 is 2.12 bits per heavy atom. The molecule has 0 radical (unpaired) electrons. The smallest absolute Gasteiger partial charge is 0.271 e. The van der Waals surface area contributed by atoms with Crippen LogP contribution in [-0.4, -0.2) is 15.8 Å². The van der Waals surface area contributed by atoms with Gasteiger partial charge in [0.05, 0.1) is 20.6 Å². The fourth-order valence-electron chi connectivity index (χ4n) is 1.77. The summed E-state index contributed by atoms with van der Waals surface area (Å²) in [6.45, 7) is 0. The van der Waals surface area contributed by atoms with Gasteiger partial charge in [0.2, 0.25) is 5.91 Å². The number of halogens is 1. The highest BCUT2D eigenvalue weighted by Crippen LogP contribution is 2.26. The Morgan fingerprint density at radius 1 is 1.00 bits per heavy atom. The largest absolute Gasteiger partial charge is 0.321 e. The van der Waals surface area contributed by atoms with Crippen LogP contribution in [-0.2, 0) is 4.79 Å². The number of non-ortho nitro benzene ring substituents is 2. The molecule has 2 aromatic rings. The molecule has 0 bridgehead atoms. The van der Waals surface area contributed by atoms with Crippen LogP contribution < -0.4 is 5.32 Å². The lowest BCUT2D eigenvalue weighted by molar-refractivity contribution is -0.385. The summed E-state index contributed by atoms with van der Waals surface area (Å²) in [6.07, 6.45) is 2.69. The Labute approximate surface area is 140 Å². The molecule has 24 heavy (non-hydrogen) atoms. The molecule has 0 fully saturated rings. The summed E-state index contributed by atoms with van der Waals surface area (Å²) in [5.74, 6) is -0.496. The average molecular weight is 348 g/mol. The van der Waals surface area contributed by atoms with Crippen molar-refractivity contribution in [3.8, 4) is 0 Å². The fraction of sp³-hybridized carbons (Fsp3) is 0. The van der Waals surface area contributed by atoms with Crippen molar-refractivity contribution in [2.24, 2.45) is 0 Å². The summed E-state index contributed by atoms with van der Waals surface area (Å²) < 4.78 is 0. The van der Waals surface area contributed by atoms with E-state index in [0.29, 0.717) is 5.56 Å². The monoisotopic (exact) mass is 347 g/mol. The van der Waals surface area contributed by atoms with E-state index in [9.17, 15) is 25.0 Å². The molecule has 1 N–H and O–H groups in total. The maximum Gasteiger partial charge on any atom is 0.271 e. The number of carbonyl (C=O) groups excluding carboxylic acids is 1. The first-order valence-corrected chi connectivity index (χ1v) is 6.92. The van der Waals surface area contributed by atoms with Gasteiger partial charge in [0.15, 0.2) is 0 Å². The number of amides is 1. The van der Waals surface area contributed by atoms with E-state index in [4.69, 9.17) is 11.6 Å². The first-order valence-electron chi connectivity index (χ1n) is 6.54. The molecule has 0 aliphatic carbocycles. The molecule has 0 spiro atoms. The van der Waals surface area contributed by atoms with E-state index in [0.717, 1.165) is 6.07 Å². The number of anilines is 1. The third kappa shape index (κ3) is 4.37. The predicted molar refractivity (Wildman–Crippen MR) is 88.9 cm³/mol. The Morgan fingerprint density at radius 2 is 1.58 bits per heavy atom. The second-order valence-corrected chi connectivity index (χ2v) is 5.00. The van der Waals surface area contributed by atoms with Crippen LogP contribution in [0.3, 0.4) is 0 Å². The molecule has 0 heterocycles. The number of nitrogens with one attached hydrogen (secondary N) is 1. The molecule has 0 aromatic heterocycles. The average Bonchev–Trinajstić information content (AvgIpc) is 2.55. The van der Waals surface area contributed by atoms with Gasteiger partial charge in [-0.25, -0.2) is 0 Å². The van der Waals surface area contributed by atoms with E-state index in [1.165, 1.54) is 48.6 Å². The maximum atomic E-state index is 11.8. The van der Waals surface area contributed by atoms with Crippen LogP contribution >= 0.6 is 11.6 Å². The van der Waals surface area contributed by atoms with E-state index in [1.807, 2.05) is 0 Å². The quantitative estimate of drug-likeness (QED) is 0.501. The number of carbonyl (C=O) groups is 1. The van der Waals surface area contributed by atoms with Crippen molar-refractivity contribution in [2.75, 3.05) is 5.32 Å². The van der Waals surface area contributed by atoms with E-state index >= 15 is 0 Å². The van der Waals surface area contributed by atoms with Gasteiger partial charge in [0, 0.05) is 30.3 Å². The van der Waals surface area contributed by atoms with Gasteiger partial charge in [0.1, 0.15) is 0 Å². The summed E-state index contributed by atoms with van der Waals surface area (Å²) in [5.41, 5.74) is 0.611. The van der Waals surface area contributed by atoms with E-state index in [1.54, 1.807) is 0 Å². The van der Waals surface area contributed by atoms with E-state index in [2.05, 4.69) is 5.32 Å². The molecule has 1 amide bonds. The predicted octanol–water partition coefficient (Wildman–Crippen LogP) is 3.81. The molecule has 0 atom stereocenters. The zero-order valence-electron chi connectivity index (χ0n) is 12.0. The zero-order valence-corrected chi connectivity index (χ0v) is 12.8. The Hall–Kier alpha value is -3.26. The molecule has 122 valence electrons. The second kappa shape index (κ2) is 7.34. The van der Waals surface area contributed by atoms with Crippen LogP contribution in [0, 0.1) is 20.2 Å². The summed E-state index contributed by atoms with van der Waals surface area (Å²) >= 11 is 5.87. The lowest BCUT2D eigenvalue weighted by atomic mass is 10.2. The molecule has 0 aliphatic rings. The molecule has 0 aliphatic heterocycles. The molecule has 9 heteroatoms. The summed E-state index contributed by atoms with van der Waals surface area (Å²) in [7, 11) is 0. The topological polar surface area (TPSA) is 115 Å².